The fourth-order valence-electron chi connectivity index (χ4n) is 5.71. The SMILES string of the molecule is CC(C)OC(=O)N1CC2(C1)C(=O)N(Cc1nc3c(n1CCCC(F)(F)F)CCCC3)c1cc(Cl)ccc12. The molecule has 0 N–H and O–H groups in total. The predicted octanol–water partition coefficient (Wildman–Crippen LogP) is 5.40. The molecular formula is C26H30ClF3N4O3. The number of nitrogens with zero attached hydrogens (tertiary/aromatic N) is 4. The van der Waals surface area contributed by atoms with Gasteiger partial charge in [-0.25, -0.2) is 9.78 Å². The Bertz CT molecular complexity index is 1220. The molecule has 0 atom stereocenters. The van der Waals surface area contributed by atoms with Crippen LogP contribution in [-0.2, 0) is 40.9 Å². The molecule has 0 bridgehead atoms. The van der Waals surface area contributed by atoms with Crippen LogP contribution in [0.25, 0.3) is 0 Å². The minimum absolute atomic E-state index is 0.0491. The molecule has 0 saturated carbocycles. The second kappa shape index (κ2) is 9.53. The monoisotopic (exact) mass is 538 g/mol. The number of alkyl halides is 3. The molecule has 1 spiro atoms. The maximum atomic E-state index is 13.9. The topological polar surface area (TPSA) is 67.7 Å². The zero-order valence-electron chi connectivity index (χ0n) is 20.9. The summed E-state index contributed by atoms with van der Waals surface area (Å²) >= 11 is 6.31. The number of anilines is 1. The quantitative estimate of drug-likeness (QED) is 0.494. The van der Waals surface area contributed by atoms with Gasteiger partial charge in [0.15, 0.2) is 0 Å². The van der Waals surface area contributed by atoms with Gasteiger partial charge in [0.05, 0.1) is 24.0 Å². The molecule has 3 aliphatic rings. The Hall–Kier alpha value is -2.75. The van der Waals surface area contributed by atoms with Gasteiger partial charge in [-0.3, -0.25) is 4.79 Å². The first-order valence-corrected chi connectivity index (χ1v) is 13.1. The van der Waals surface area contributed by atoms with Crippen LogP contribution in [0.3, 0.4) is 0 Å². The summed E-state index contributed by atoms with van der Waals surface area (Å²) in [4.78, 5) is 34.2. The van der Waals surface area contributed by atoms with Crippen molar-refractivity contribution in [1.82, 2.24) is 14.5 Å². The molecule has 1 aromatic carbocycles. The fraction of sp³-hybridized carbons (Fsp3) is 0.577. The van der Waals surface area contributed by atoms with Crippen molar-refractivity contribution in [3.63, 3.8) is 0 Å². The number of carbonyl (C=O) groups is 2. The summed E-state index contributed by atoms with van der Waals surface area (Å²) in [6, 6.07) is 5.28. The molecular weight excluding hydrogens is 509 g/mol. The van der Waals surface area contributed by atoms with Crippen LogP contribution in [0.4, 0.5) is 23.7 Å². The normalized spacial score (nSPS) is 18.3. The standard InChI is InChI=1S/C26H30ClF3N4O3/c1-16(2)37-24(36)32-14-25(15-32)18-9-8-17(27)12-21(18)34(23(25)35)13-22-31-19-6-3-4-7-20(19)33(22)11-5-10-26(28,29)30/h8-9,12,16H,3-7,10-11,13-15H2,1-2H3. The van der Waals surface area contributed by atoms with Crippen molar-refractivity contribution in [1.29, 1.82) is 0 Å². The minimum Gasteiger partial charge on any atom is -0.447 e. The molecule has 1 saturated heterocycles. The smallest absolute Gasteiger partial charge is 0.410 e. The molecule has 0 unspecified atom stereocenters. The molecule has 1 aliphatic carbocycles. The van der Waals surface area contributed by atoms with E-state index < -0.39 is 24.1 Å². The van der Waals surface area contributed by atoms with E-state index in [2.05, 4.69) is 0 Å². The van der Waals surface area contributed by atoms with Gasteiger partial charge in [-0.05, 0) is 63.6 Å². The molecule has 7 nitrogen and oxygen atoms in total. The van der Waals surface area contributed by atoms with Crippen LogP contribution in [0.15, 0.2) is 18.2 Å². The van der Waals surface area contributed by atoms with Crippen molar-refractivity contribution in [2.24, 2.45) is 0 Å². The Morgan fingerprint density at radius 3 is 2.65 bits per heavy atom. The van der Waals surface area contributed by atoms with Crippen molar-refractivity contribution >= 4 is 29.3 Å². The van der Waals surface area contributed by atoms with E-state index in [0.29, 0.717) is 16.5 Å². The third-order valence-electron chi connectivity index (χ3n) is 7.39. The summed E-state index contributed by atoms with van der Waals surface area (Å²) in [5.41, 5.74) is 2.42. The van der Waals surface area contributed by atoms with E-state index >= 15 is 0 Å². The average Bonchev–Trinajstić information content (AvgIpc) is 3.24. The molecule has 2 amide bonds. The molecule has 1 aromatic heterocycles. The van der Waals surface area contributed by atoms with Gasteiger partial charge in [0, 0.05) is 36.8 Å². The maximum absolute atomic E-state index is 13.9. The average molecular weight is 539 g/mol. The first kappa shape index (κ1) is 25.9. The molecule has 200 valence electrons. The highest BCUT2D eigenvalue weighted by Crippen LogP contribution is 2.49. The summed E-state index contributed by atoms with van der Waals surface area (Å²) in [6.07, 6.45) is -2.38. The van der Waals surface area contributed by atoms with E-state index in [1.54, 1.807) is 30.9 Å². The number of aryl methyl sites for hydroxylation is 1. The Labute approximate surface area is 218 Å². The lowest BCUT2D eigenvalue weighted by Gasteiger charge is -2.46. The van der Waals surface area contributed by atoms with Gasteiger partial charge in [0.25, 0.3) is 0 Å². The van der Waals surface area contributed by atoms with Crippen molar-refractivity contribution in [3.05, 3.63) is 46.0 Å². The Kier molecular flexibility index (Phi) is 6.66. The zero-order chi connectivity index (χ0) is 26.5. The number of hydrogen-bond acceptors (Lipinski definition) is 4. The van der Waals surface area contributed by atoms with Crippen LogP contribution in [0.2, 0.25) is 5.02 Å². The molecule has 11 heteroatoms. The molecule has 37 heavy (non-hydrogen) atoms. The Morgan fingerprint density at radius 1 is 1.22 bits per heavy atom. The number of hydrogen-bond donors (Lipinski definition) is 0. The molecule has 2 aromatic rings. The predicted molar refractivity (Wildman–Crippen MR) is 132 cm³/mol. The van der Waals surface area contributed by atoms with Crippen LogP contribution < -0.4 is 4.90 Å². The highest BCUT2D eigenvalue weighted by Gasteiger charge is 2.59. The van der Waals surface area contributed by atoms with E-state index in [4.69, 9.17) is 21.3 Å². The second-order valence-electron chi connectivity index (χ2n) is 10.4. The van der Waals surface area contributed by atoms with E-state index in [1.807, 2.05) is 10.6 Å². The Balaban J connectivity index is 1.43. The van der Waals surface area contributed by atoms with Crippen LogP contribution in [-0.4, -0.2) is 51.8 Å². The van der Waals surface area contributed by atoms with Crippen molar-refractivity contribution in [2.45, 2.75) is 83.2 Å². The first-order valence-electron chi connectivity index (χ1n) is 12.7. The van der Waals surface area contributed by atoms with E-state index in [-0.39, 0.29) is 44.6 Å². The van der Waals surface area contributed by atoms with Gasteiger partial charge in [0.2, 0.25) is 5.91 Å². The third kappa shape index (κ3) is 4.80. The number of rotatable bonds is 6. The Morgan fingerprint density at radius 2 is 1.95 bits per heavy atom. The molecule has 3 heterocycles. The summed E-state index contributed by atoms with van der Waals surface area (Å²) in [7, 11) is 0. The fourth-order valence-corrected chi connectivity index (χ4v) is 5.88. The van der Waals surface area contributed by atoms with Gasteiger partial charge in [0.1, 0.15) is 11.2 Å². The van der Waals surface area contributed by atoms with Crippen LogP contribution in [0.1, 0.15) is 62.3 Å². The lowest BCUT2D eigenvalue weighted by Crippen LogP contribution is -2.65. The van der Waals surface area contributed by atoms with Crippen LogP contribution >= 0.6 is 11.6 Å². The zero-order valence-corrected chi connectivity index (χ0v) is 21.7. The van der Waals surface area contributed by atoms with E-state index in [0.717, 1.165) is 42.6 Å². The highest BCUT2D eigenvalue weighted by atomic mass is 35.5. The van der Waals surface area contributed by atoms with Crippen LogP contribution in [0.5, 0.6) is 0 Å². The lowest BCUT2D eigenvalue weighted by molar-refractivity contribution is -0.136. The van der Waals surface area contributed by atoms with E-state index in [9.17, 15) is 22.8 Å². The summed E-state index contributed by atoms with van der Waals surface area (Å²) in [5.74, 6) is 0.418. The molecule has 1 fully saturated rings. The molecule has 2 aliphatic heterocycles. The minimum atomic E-state index is -4.22. The number of imidazole rings is 1. The maximum Gasteiger partial charge on any atom is 0.410 e. The van der Waals surface area contributed by atoms with Crippen LogP contribution in [0, 0.1) is 0 Å². The number of halogens is 4. The number of amides is 2. The van der Waals surface area contributed by atoms with Gasteiger partial charge in [-0.2, -0.15) is 13.2 Å². The van der Waals surface area contributed by atoms with Gasteiger partial charge in [-0.1, -0.05) is 17.7 Å². The summed E-state index contributed by atoms with van der Waals surface area (Å²) < 4.78 is 45.8. The van der Waals surface area contributed by atoms with E-state index in [1.165, 1.54) is 4.90 Å². The van der Waals surface area contributed by atoms with Crippen molar-refractivity contribution < 1.29 is 27.5 Å². The van der Waals surface area contributed by atoms with Crippen molar-refractivity contribution in [3.8, 4) is 0 Å². The number of ether oxygens (including phenoxy) is 1. The number of carbonyl (C=O) groups excluding carboxylic acids is 2. The van der Waals surface area contributed by atoms with Gasteiger partial charge in [-0.15, -0.1) is 0 Å². The number of aromatic nitrogens is 2. The van der Waals surface area contributed by atoms with Crippen molar-refractivity contribution in [2.75, 3.05) is 18.0 Å². The summed E-state index contributed by atoms with van der Waals surface area (Å²) in [5, 5.41) is 0.469. The molecule has 0 radical (unpaired) electrons. The highest BCUT2D eigenvalue weighted by molar-refractivity contribution is 6.31. The van der Waals surface area contributed by atoms with Gasteiger partial charge < -0.3 is 19.1 Å². The third-order valence-corrected chi connectivity index (χ3v) is 7.63. The first-order chi connectivity index (χ1) is 17.5. The number of likely N-dealkylation sites (tertiary alicyclic amines) is 1. The second-order valence-corrected chi connectivity index (χ2v) is 10.9. The lowest BCUT2D eigenvalue weighted by atomic mass is 9.75. The number of fused-ring (bicyclic) bond motifs is 3. The number of benzene rings is 1. The molecule has 5 rings (SSSR count). The summed E-state index contributed by atoms with van der Waals surface area (Å²) in [6.45, 7) is 4.25. The largest absolute Gasteiger partial charge is 0.447 e. The van der Waals surface area contributed by atoms with Gasteiger partial charge >= 0.3 is 12.3 Å².